The van der Waals surface area contributed by atoms with Crippen LogP contribution in [0.25, 0.3) is 16.8 Å². The number of hydrogen-bond acceptors (Lipinski definition) is 3. The first-order valence-electron chi connectivity index (χ1n) is 10.0. The molecule has 0 saturated heterocycles. The third-order valence-corrected chi connectivity index (χ3v) is 5.59. The first-order chi connectivity index (χ1) is 15.2. The van der Waals surface area contributed by atoms with Crippen molar-refractivity contribution >= 4 is 22.8 Å². The number of fused-ring (bicyclic) bond motifs is 3. The minimum absolute atomic E-state index is 0.300. The minimum Gasteiger partial charge on any atom is -0.472 e. The largest absolute Gasteiger partial charge is 0.472 e. The van der Waals surface area contributed by atoms with Gasteiger partial charge in [-0.3, -0.25) is 0 Å². The fourth-order valence-corrected chi connectivity index (χ4v) is 4.07. The van der Waals surface area contributed by atoms with Gasteiger partial charge in [-0.1, -0.05) is 78.9 Å². The first kappa shape index (κ1) is 19.1. The summed E-state index contributed by atoms with van der Waals surface area (Å²) >= 11 is 0. The summed E-state index contributed by atoms with van der Waals surface area (Å²) in [6, 6.07) is 29.2. The number of benzene rings is 4. The molecule has 0 amide bonds. The second-order valence-corrected chi connectivity index (χ2v) is 7.36. The number of hydrogen-bond donors (Lipinski definition) is 0. The van der Waals surface area contributed by atoms with E-state index in [1.807, 2.05) is 54.6 Å². The van der Waals surface area contributed by atoms with Gasteiger partial charge >= 0.3 is 5.97 Å². The van der Waals surface area contributed by atoms with Crippen molar-refractivity contribution in [2.75, 3.05) is 6.86 Å². The molecule has 0 aromatic heterocycles. The number of carbonyl (C=O) groups excluding carboxylic acids is 1. The van der Waals surface area contributed by atoms with Crippen LogP contribution in [0.5, 0.6) is 5.75 Å². The van der Waals surface area contributed by atoms with Crippen LogP contribution in [-0.4, -0.2) is 12.8 Å². The zero-order chi connectivity index (χ0) is 21.3. The second kappa shape index (κ2) is 7.73. The van der Waals surface area contributed by atoms with Crippen molar-refractivity contribution in [3.63, 3.8) is 0 Å². The van der Waals surface area contributed by atoms with Gasteiger partial charge in [0.2, 0.25) is 6.86 Å². The number of rotatable bonds is 4. The molecular weight excluding hydrogens is 391 g/mol. The van der Waals surface area contributed by atoms with E-state index in [0.29, 0.717) is 5.56 Å². The lowest BCUT2D eigenvalue weighted by molar-refractivity contribution is 0.0324. The maximum Gasteiger partial charge on any atom is 0.340 e. The third-order valence-electron chi connectivity index (χ3n) is 5.59. The van der Waals surface area contributed by atoms with Gasteiger partial charge in [-0.05, 0) is 29.7 Å². The molecule has 1 aliphatic heterocycles. The lowest BCUT2D eigenvalue weighted by Crippen LogP contribution is -2.34. The van der Waals surface area contributed by atoms with E-state index in [-0.39, 0.29) is 0 Å². The summed E-state index contributed by atoms with van der Waals surface area (Å²) in [5.41, 5.74) is 2.50. The Morgan fingerprint density at radius 1 is 0.871 bits per heavy atom. The van der Waals surface area contributed by atoms with E-state index in [1.165, 1.54) is 0 Å². The van der Waals surface area contributed by atoms with E-state index < -0.39 is 18.4 Å². The highest BCUT2D eigenvalue weighted by Crippen LogP contribution is 2.45. The van der Waals surface area contributed by atoms with Crippen molar-refractivity contribution in [1.29, 1.82) is 0 Å². The highest BCUT2D eigenvalue weighted by atomic mass is 19.1. The molecule has 152 valence electrons. The average Bonchev–Trinajstić information content (AvgIpc) is 2.84. The Labute approximate surface area is 179 Å². The second-order valence-electron chi connectivity index (χ2n) is 7.36. The number of halogens is 1. The van der Waals surface area contributed by atoms with Gasteiger partial charge in [0, 0.05) is 22.1 Å². The number of esters is 1. The molecule has 1 heterocycles. The molecule has 0 spiro atoms. The van der Waals surface area contributed by atoms with Gasteiger partial charge in [0.05, 0.1) is 5.56 Å². The predicted octanol–water partition coefficient (Wildman–Crippen LogP) is 6.27. The quantitative estimate of drug-likeness (QED) is 0.372. The van der Waals surface area contributed by atoms with Gasteiger partial charge in [-0.25, -0.2) is 9.18 Å². The molecule has 4 aromatic rings. The van der Waals surface area contributed by atoms with E-state index in [2.05, 4.69) is 41.2 Å². The van der Waals surface area contributed by atoms with Gasteiger partial charge < -0.3 is 9.47 Å². The molecule has 0 unspecified atom stereocenters. The van der Waals surface area contributed by atoms with Crippen LogP contribution in [0.3, 0.4) is 0 Å². The molecule has 0 atom stereocenters. The van der Waals surface area contributed by atoms with Gasteiger partial charge in [0.25, 0.3) is 0 Å². The van der Waals surface area contributed by atoms with Crippen LogP contribution in [0.4, 0.5) is 4.39 Å². The van der Waals surface area contributed by atoms with Crippen LogP contribution in [0.2, 0.25) is 0 Å². The molecule has 4 aromatic carbocycles. The highest BCUT2D eigenvalue weighted by molar-refractivity contribution is 5.99. The molecule has 0 radical (unpaired) electrons. The summed E-state index contributed by atoms with van der Waals surface area (Å²) in [6.07, 6.45) is 4.16. The third kappa shape index (κ3) is 3.26. The summed E-state index contributed by atoms with van der Waals surface area (Å²) in [6.45, 7) is -1.15. The summed E-state index contributed by atoms with van der Waals surface area (Å²) < 4.78 is 23.7. The minimum atomic E-state index is -1.15. The zero-order valence-corrected chi connectivity index (χ0v) is 16.6. The monoisotopic (exact) mass is 410 g/mol. The van der Waals surface area contributed by atoms with Crippen LogP contribution in [0, 0.1) is 0 Å². The van der Waals surface area contributed by atoms with Crippen molar-refractivity contribution in [2.45, 2.75) is 5.60 Å². The van der Waals surface area contributed by atoms with E-state index in [1.54, 1.807) is 12.1 Å². The SMILES string of the molecule is O=C(OCF)c1ccc2c3c(ccc2c1)C=CC(c1ccccc1)(c1ccccc1)O3. The zero-order valence-electron chi connectivity index (χ0n) is 16.6. The van der Waals surface area contributed by atoms with Crippen molar-refractivity contribution in [3.05, 3.63) is 119 Å². The van der Waals surface area contributed by atoms with Crippen LogP contribution in [0.15, 0.2) is 97.1 Å². The molecule has 4 heteroatoms. The van der Waals surface area contributed by atoms with Gasteiger partial charge in [0.15, 0.2) is 5.60 Å². The standard InChI is InChI=1S/C27H19FO3/c28-18-30-26(29)21-13-14-24-20(17-21)12-11-19-15-16-27(31-25(19)24,22-7-3-1-4-8-22)23-9-5-2-6-10-23/h1-17H,18H2. The van der Waals surface area contributed by atoms with Crippen LogP contribution in [0.1, 0.15) is 27.0 Å². The molecule has 0 N–H and O–H groups in total. The van der Waals surface area contributed by atoms with Crippen LogP contribution in [-0.2, 0) is 10.3 Å². The fraction of sp³-hybridized carbons (Fsp3) is 0.0741. The van der Waals surface area contributed by atoms with Gasteiger partial charge in [0.1, 0.15) is 5.75 Å². The highest BCUT2D eigenvalue weighted by Gasteiger charge is 2.37. The van der Waals surface area contributed by atoms with E-state index in [0.717, 1.165) is 33.2 Å². The van der Waals surface area contributed by atoms with Crippen LogP contribution < -0.4 is 4.74 Å². The Morgan fingerprint density at radius 2 is 1.55 bits per heavy atom. The maximum absolute atomic E-state index is 12.4. The van der Waals surface area contributed by atoms with Crippen molar-refractivity contribution in [3.8, 4) is 5.75 Å². The molecule has 5 rings (SSSR count). The maximum atomic E-state index is 12.4. The molecule has 31 heavy (non-hydrogen) atoms. The molecule has 0 bridgehead atoms. The van der Waals surface area contributed by atoms with E-state index in [4.69, 9.17) is 4.74 Å². The Hall–Kier alpha value is -3.92. The summed E-state index contributed by atoms with van der Waals surface area (Å²) in [4.78, 5) is 11.9. The van der Waals surface area contributed by atoms with E-state index in [9.17, 15) is 9.18 Å². The van der Waals surface area contributed by atoms with Crippen molar-refractivity contribution in [1.82, 2.24) is 0 Å². The summed E-state index contributed by atoms with van der Waals surface area (Å²) in [5, 5.41) is 1.69. The average molecular weight is 410 g/mol. The summed E-state index contributed by atoms with van der Waals surface area (Å²) in [7, 11) is 0. The molecule has 1 aliphatic rings. The predicted molar refractivity (Wildman–Crippen MR) is 119 cm³/mol. The Kier molecular flexibility index (Phi) is 4.75. The normalized spacial score (nSPS) is 14.0. The Balaban J connectivity index is 1.67. The first-order valence-corrected chi connectivity index (χ1v) is 10.0. The van der Waals surface area contributed by atoms with Crippen molar-refractivity contribution in [2.24, 2.45) is 0 Å². The fourth-order valence-electron chi connectivity index (χ4n) is 4.07. The topological polar surface area (TPSA) is 35.5 Å². The molecule has 0 saturated carbocycles. The Morgan fingerprint density at radius 3 is 2.19 bits per heavy atom. The van der Waals surface area contributed by atoms with Crippen LogP contribution >= 0.6 is 0 Å². The number of alkyl halides is 1. The molecule has 3 nitrogen and oxygen atoms in total. The lowest BCUT2D eigenvalue weighted by atomic mass is 9.83. The summed E-state index contributed by atoms with van der Waals surface area (Å²) in [5.74, 6) is 0.0453. The Bertz CT molecular complexity index is 1240. The smallest absolute Gasteiger partial charge is 0.340 e. The van der Waals surface area contributed by atoms with Gasteiger partial charge in [-0.2, -0.15) is 0 Å². The van der Waals surface area contributed by atoms with Gasteiger partial charge in [-0.15, -0.1) is 0 Å². The van der Waals surface area contributed by atoms with Crippen molar-refractivity contribution < 1.29 is 18.7 Å². The number of ether oxygens (including phenoxy) is 2. The molecular formula is C27H19FO3. The lowest BCUT2D eigenvalue weighted by Gasteiger charge is -2.36. The number of carbonyl (C=O) groups is 1. The van der Waals surface area contributed by atoms with E-state index >= 15 is 0 Å². The molecule has 0 fully saturated rings. The molecule has 0 aliphatic carbocycles.